The van der Waals surface area contributed by atoms with Gasteiger partial charge in [0.05, 0.1) is 10.4 Å². The average Bonchev–Trinajstić information content (AvgIpc) is 3.00. The van der Waals surface area contributed by atoms with Crippen molar-refractivity contribution >= 4 is 27.5 Å². The summed E-state index contributed by atoms with van der Waals surface area (Å²) in [5.41, 5.74) is -1.48. The lowest BCUT2D eigenvalue weighted by molar-refractivity contribution is -0.209. The van der Waals surface area contributed by atoms with E-state index in [0.717, 1.165) is 18.4 Å². The largest absolute Gasteiger partial charge is 0.392 e. The molecule has 0 unspecified atom stereocenters. The lowest BCUT2D eigenvalue weighted by Crippen LogP contribution is -2.68. The minimum atomic E-state index is -1.30. The Morgan fingerprint density at radius 3 is 2.73 bits per heavy atom. The van der Waals surface area contributed by atoms with Gasteiger partial charge >= 0.3 is 0 Å². The van der Waals surface area contributed by atoms with Crippen LogP contribution in [0.15, 0.2) is 23.8 Å². The van der Waals surface area contributed by atoms with Crippen molar-refractivity contribution in [2.45, 2.75) is 62.0 Å². The molecule has 4 rings (SSSR count). The highest BCUT2D eigenvalue weighted by atomic mass is 79.9. The number of fused-ring (bicyclic) bond motifs is 5. The van der Waals surface area contributed by atoms with Gasteiger partial charge in [-0.25, -0.2) is 4.39 Å². The molecular weight excluding hydrogens is 455 g/mol. The number of ketones is 2. The summed E-state index contributed by atoms with van der Waals surface area (Å²) in [7, 11) is 1.48. The van der Waals surface area contributed by atoms with Crippen molar-refractivity contribution in [3.05, 3.63) is 23.8 Å². The number of hydrogen-bond acceptors (Lipinski definition) is 5. The molecule has 0 radical (unpaired) electrons. The van der Waals surface area contributed by atoms with E-state index in [4.69, 9.17) is 9.47 Å². The Morgan fingerprint density at radius 2 is 2.07 bits per heavy atom. The minimum Gasteiger partial charge on any atom is -0.392 e. The van der Waals surface area contributed by atoms with E-state index in [9.17, 15) is 19.1 Å². The van der Waals surface area contributed by atoms with Crippen LogP contribution in [0.1, 0.15) is 46.0 Å². The normalized spacial score (nSPS) is 47.3. The van der Waals surface area contributed by atoms with Crippen LogP contribution in [-0.2, 0) is 19.1 Å². The van der Waals surface area contributed by atoms with Gasteiger partial charge in [0.15, 0.2) is 18.2 Å². The molecule has 166 valence electrons. The van der Waals surface area contributed by atoms with Gasteiger partial charge in [-0.3, -0.25) is 9.59 Å². The van der Waals surface area contributed by atoms with Gasteiger partial charge in [-0.15, -0.1) is 0 Å². The second-order valence-corrected chi connectivity index (χ2v) is 11.1. The second-order valence-electron chi connectivity index (χ2n) is 9.74. The maximum absolute atomic E-state index is 13.7. The highest BCUT2D eigenvalue weighted by molar-refractivity contribution is 9.10. The van der Waals surface area contributed by atoms with Gasteiger partial charge in [0.1, 0.15) is 12.4 Å². The van der Waals surface area contributed by atoms with Crippen molar-refractivity contribution < 1.29 is 28.6 Å². The molecule has 7 atom stereocenters. The van der Waals surface area contributed by atoms with Gasteiger partial charge in [-0.2, -0.15) is 0 Å². The molecule has 0 saturated heterocycles. The highest BCUT2D eigenvalue weighted by Gasteiger charge is 2.73. The number of allylic oxidation sites excluding steroid dienone is 4. The Kier molecular flexibility index (Phi) is 5.45. The van der Waals surface area contributed by atoms with Crippen molar-refractivity contribution in [3.63, 3.8) is 0 Å². The molecule has 5 nitrogen and oxygen atoms in total. The molecule has 0 aliphatic heterocycles. The Bertz CT molecular complexity index is 826. The van der Waals surface area contributed by atoms with Gasteiger partial charge in [-0.05, 0) is 56.1 Å². The second kappa shape index (κ2) is 7.32. The molecule has 30 heavy (non-hydrogen) atoms. The van der Waals surface area contributed by atoms with Crippen LogP contribution in [-0.4, -0.2) is 53.3 Å². The highest BCUT2D eigenvalue weighted by Crippen LogP contribution is 2.71. The van der Waals surface area contributed by atoms with E-state index in [0.29, 0.717) is 19.3 Å². The third kappa shape index (κ3) is 2.61. The monoisotopic (exact) mass is 484 g/mol. The topological polar surface area (TPSA) is 72.8 Å². The fraction of sp³-hybridized carbons (Fsp3) is 0.739. The Hall–Kier alpha value is -0.890. The summed E-state index contributed by atoms with van der Waals surface area (Å²) in [6, 6.07) is 0. The van der Waals surface area contributed by atoms with E-state index in [1.807, 2.05) is 13.0 Å². The number of methoxy groups -OCH3 is 1. The SMILES string of the molecule is COCO[C@]1(C(=O)CF)CC[C@H]2[C@@H]3CCC4=CC(=O)C=C[C@]4(C)[C@@]3(Br)[C@@H](O)C[C@@]21C. The molecule has 0 bridgehead atoms. The number of alkyl halides is 2. The first kappa shape index (κ1) is 22.3. The zero-order valence-corrected chi connectivity index (χ0v) is 19.3. The Balaban J connectivity index is 1.79. The Morgan fingerprint density at radius 1 is 1.33 bits per heavy atom. The van der Waals surface area contributed by atoms with Crippen molar-refractivity contribution in [1.29, 1.82) is 0 Å². The van der Waals surface area contributed by atoms with E-state index < -0.39 is 39.3 Å². The van der Waals surface area contributed by atoms with Crippen molar-refractivity contribution in [1.82, 2.24) is 0 Å². The van der Waals surface area contributed by atoms with E-state index in [2.05, 4.69) is 22.9 Å². The summed E-state index contributed by atoms with van der Waals surface area (Å²) in [4.78, 5) is 24.9. The number of halogens is 2. The molecule has 3 fully saturated rings. The lowest BCUT2D eigenvalue weighted by Gasteiger charge is -2.64. The van der Waals surface area contributed by atoms with Crippen molar-refractivity contribution in [2.75, 3.05) is 20.6 Å². The van der Waals surface area contributed by atoms with Gasteiger partial charge in [-0.1, -0.05) is 41.4 Å². The number of hydrogen-bond donors (Lipinski definition) is 1. The summed E-state index contributed by atoms with van der Waals surface area (Å²) < 4.78 is 24.1. The van der Waals surface area contributed by atoms with Crippen molar-refractivity contribution in [2.24, 2.45) is 22.7 Å². The van der Waals surface area contributed by atoms with E-state index >= 15 is 0 Å². The molecule has 0 heterocycles. The fourth-order valence-electron chi connectivity index (χ4n) is 7.24. The summed E-state index contributed by atoms with van der Waals surface area (Å²) >= 11 is 3.98. The van der Waals surface area contributed by atoms with Gasteiger partial charge in [0, 0.05) is 17.9 Å². The molecule has 3 saturated carbocycles. The van der Waals surface area contributed by atoms with E-state index in [1.54, 1.807) is 12.2 Å². The van der Waals surface area contributed by atoms with Gasteiger partial charge < -0.3 is 14.6 Å². The quantitative estimate of drug-likeness (QED) is 0.475. The predicted molar refractivity (Wildman–Crippen MR) is 113 cm³/mol. The minimum absolute atomic E-state index is 0.0199. The number of ether oxygens (including phenoxy) is 2. The van der Waals surface area contributed by atoms with E-state index in [1.165, 1.54) is 7.11 Å². The standard InChI is InChI=1S/C23H30BrFO5/c1-20-8-6-15(26)10-14(20)4-5-17-16-7-9-22(19(28)12-25,30-13-29-3)21(16,2)11-18(27)23(17,20)24/h6,8,10,16-18,27H,4-5,7,9,11-13H2,1-3H3/t16-,17-,18-,20-,21-,22-,23-/m0/s1. The fourth-order valence-corrected chi connectivity index (χ4v) is 8.34. The first-order chi connectivity index (χ1) is 14.1. The van der Waals surface area contributed by atoms with Crippen LogP contribution in [0.2, 0.25) is 0 Å². The van der Waals surface area contributed by atoms with Gasteiger partial charge in [0.2, 0.25) is 0 Å². The number of aliphatic hydroxyl groups excluding tert-OH is 1. The summed E-state index contributed by atoms with van der Waals surface area (Å²) in [6.45, 7) is 2.86. The smallest absolute Gasteiger partial charge is 0.196 e. The number of aliphatic hydroxyl groups is 1. The maximum atomic E-state index is 13.7. The molecule has 0 amide bonds. The van der Waals surface area contributed by atoms with Gasteiger partial charge in [0.25, 0.3) is 0 Å². The molecule has 7 heteroatoms. The van der Waals surface area contributed by atoms with Crippen molar-refractivity contribution in [3.8, 4) is 0 Å². The van der Waals surface area contributed by atoms with Crippen LogP contribution in [0.5, 0.6) is 0 Å². The maximum Gasteiger partial charge on any atom is 0.196 e. The van der Waals surface area contributed by atoms with Crippen LogP contribution < -0.4 is 0 Å². The zero-order valence-electron chi connectivity index (χ0n) is 17.7. The van der Waals surface area contributed by atoms with Crippen LogP contribution in [0.4, 0.5) is 4.39 Å². The number of carbonyl (C=O) groups is 2. The molecule has 0 spiro atoms. The molecule has 0 aromatic rings. The molecule has 1 N–H and O–H groups in total. The lowest BCUT2D eigenvalue weighted by atomic mass is 9.46. The third-order valence-electron chi connectivity index (χ3n) is 8.76. The molecular formula is C23H30BrFO5. The van der Waals surface area contributed by atoms with Crippen LogP contribution in [0.25, 0.3) is 0 Å². The van der Waals surface area contributed by atoms with Crippen LogP contribution in [0, 0.1) is 22.7 Å². The third-order valence-corrected chi connectivity index (χ3v) is 10.7. The summed E-state index contributed by atoms with van der Waals surface area (Å²) in [5.74, 6) is -0.471. The number of Topliss-reactive ketones (excluding diaryl/α,β-unsaturated/α-hetero) is 1. The first-order valence-electron chi connectivity index (χ1n) is 10.6. The van der Waals surface area contributed by atoms with Crippen LogP contribution in [0.3, 0.4) is 0 Å². The average molecular weight is 485 g/mol. The zero-order chi connectivity index (χ0) is 21.9. The molecule has 4 aliphatic carbocycles. The van der Waals surface area contributed by atoms with E-state index in [-0.39, 0.29) is 24.4 Å². The predicted octanol–water partition coefficient (Wildman–Crippen LogP) is 3.68. The summed E-state index contributed by atoms with van der Waals surface area (Å²) in [6.07, 6.45) is 7.39. The Labute approximate surface area is 185 Å². The molecule has 0 aromatic carbocycles. The molecule has 0 aromatic heterocycles. The first-order valence-corrected chi connectivity index (χ1v) is 11.4. The van der Waals surface area contributed by atoms with Crippen LogP contribution >= 0.6 is 15.9 Å². The number of carbonyl (C=O) groups excluding carboxylic acids is 2. The molecule has 4 aliphatic rings. The summed E-state index contributed by atoms with van der Waals surface area (Å²) in [5, 5.41) is 11.6. The number of rotatable bonds is 5.